The maximum atomic E-state index is 5.41. The van der Waals surface area contributed by atoms with Crippen LogP contribution in [0.5, 0.6) is 5.75 Å². The van der Waals surface area contributed by atoms with E-state index in [4.69, 9.17) is 4.74 Å². The lowest BCUT2D eigenvalue weighted by Gasteiger charge is -2.39. The Morgan fingerprint density at radius 1 is 0.737 bits per heavy atom. The molecule has 2 unspecified atom stereocenters. The molecule has 0 spiro atoms. The monoisotopic (exact) mass is 523 g/mol. The van der Waals surface area contributed by atoms with Gasteiger partial charge in [0.25, 0.3) is 0 Å². The Bertz CT molecular complexity index is 1510. The molecule has 1 saturated heterocycles. The number of methoxy groups -OCH3 is 1. The van der Waals surface area contributed by atoms with E-state index >= 15 is 0 Å². The van der Waals surface area contributed by atoms with Crippen LogP contribution in [0.25, 0.3) is 27.1 Å². The van der Waals surface area contributed by atoms with E-state index in [2.05, 4.69) is 90.7 Å². The Labute approximate surface area is 233 Å². The van der Waals surface area contributed by atoms with E-state index < -0.39 is 0 Å². The summed E-state index contributed by atoms with van der Waals surface area (Å²) in [6.07, 6.45) is 6.64. The molecule has 7 rings (SSSR count). The van der Waals surface area contributed by atoms with Gasteiger partial charge in [0, 0.05) is 12.6 Å². The van der Waals surface area contributed by atoms with Gasteiger partial charge in [-0.1, -0.05) is 60.7 Å². The van der Waals surface area contributed by atoms with Crippen LogP contribution in [0.2, 0.25) is 0 Å². The third-order valence-electron chi connectivity index (χ3n) is 9.67. The number of fused-ring (bicyclic) bond motifs is 4. The molecule has 0 amide bonds. The summed E-state index contributed by atoms with van der Waals surface area (Å²) >= 11 is 0. The summed E-state index contributed by atoms with van der Waals surface area (Å²) in [7, 11) is 1.74. The van der Waals surface area contributed by atoms with Crippen LogP contribution in [0.3, 0.4) is 0 Å². The molecule has 0 radical (unpaired) electrons. The zero-order chi connectivity index (χ0) is 24.9. The lowest BCUT2D eigenvalue weighted by molar-refractivity contribution is 0.156. The first-order valence-corrected chi connectivity index (χ1v) is 14.2. The second-order valence-electron chi connectivity index (χ2n) is 11.7. The molecule has 4 aromatic rings. The summed E-state index contributed by atoms with van der Waals surface area (Å²) in [5.41, 5.74) is 6.44. The zero-order valence-corrected chi connectivity index (χ0v) is 23.3. The second-order valence-corrected chi connectivity index (χ2v) is 11.7. The molecular formula is C35H38ClNO. The van der Waals surface area contributed by atoms with Gasteiger partial charge in [-0.25, -0.2) is 0 Å². The highest BCUT2D eigenvalue weighted by atomic mass is 35.5. The summed E-state index contributed by atoms with van der Waals surface area (Å²) < 4.78 is 5.41. The normalized spacial score (nSPS) is 25.2. The highest BCUT2D eigenvalue weighted by Gasteiger charge is 2.40. The smallest absolute Gasteiger partial charge is 0.119 e. The number of nitrogens with zero attached hydrogens (tertiary/aromatic N) is 1. The predicted octanol–water partition coefficient (Wildman–Crippen LogP) is 8.88. The number of allylic oxidation sites excluding steroid dienone is 1. The van der Waals surface area contributed by atoms with Gasteiger partial charge in [0.15, 0.2) is 0 Å². The molecule has 2 nitrogen and oxygen atoms in total. The topological polar surface area (TPSA) is 12.5 Å². The number of hydrogen-bond donors (Lipinski definition) is 0. The van der Waals surface area contributed by atoms with Crippen LogP contribution in [-0.4, -0.2) is 31.1 Å². The summed E-state index contributed by atoms with van der Waals surface area (Å²) in [5, 5.41) is 5.30. The van der Waals surface area contributed by atoms with E-state index in [1.54, 1.807) is 18.3 Å². The Morgan fingerprint density at radius 2 is 1.47 bits per heavy atom. The number of ether oxygens (including phenoxy) is 1. The van der Waals surface area contributed by atoms with Gasteiger partial charge < -0.3 is 4.74 Å². The van der Waals surface area contributed by atoms with Crippen LogP contribution < -0.4 is 4.74 Å². The van der Waals surface area contributed by atoms with E-state index in [1.165, 1.54) is 71.3 Å². The number of rotatable bonds is 5. The summed E-state index contributed by atoms with van der Waals surface area (Å²) in [5.74, 6) is 3.14. The number of likely N-dealkylation sites (tertiary alicyclic amines) is 1. The quantitative estimate of drug-likeness (QED) is 0.259. The number of piperidine rings is 1. The summed E-state index contributed by atoms with van der Waals surface area (Å²) in [6, 6.07) is 30.0. The molecule has 2 fully saturated rings. The van der Waals surface area contributed by atoms with Crippen molar-refractivity contribution < 1.29 is 4.74 Å². The Hall–Kier alpha value is -2.81. The molecule has 3 heteroatoms. The zero-order valence-electron chi connectivity index (χ0n) is 22.5. The van der Waals surface area contributed by atoms with Crippen LogP contribution in [0.1, 0.15) is 56.1 Å². The molecule has 1 heterocycles. The molecule has 0 N–H and O–H groups in total. The average Bonchev–Trinajstić information content (AvgIpc) is 3.55. The van der Waals surface area contributed by atoms with Gasteiger partial charge in [0.1, 0.15) is 5.75 Å². The molecule has 2 aliphatic carbocycles. The Balaban J connectivity index is 0.00000264. The first-order chi connectivity index (χ1) is 18.2. The largest absolute Gasteiger partial charge is 0.497 e. The molecule has 2 bridgehead atoms. The van der Waals surface area contributed by atoms with Crippen LogP contribution in [0.15, 0.2) is 84.4 Å². The molecule has 38 heavy (non-hydrogen) atoms. The van der Waals surface area contributed by atoms with E-state index in [0.717, 1.165) is 24.1 Å². The van der Waals surface area contributed by atoms with Crippen LogP contribution in [-0.2, 0) is 0 Å². The fourth-order valence-corrected chi connectivity index (χ4v) is 7.63. The Morgan fingerprint density at radius 3 is 2.32 bits per heavy atom. The van der Waals surface area contributed by atoms with Gasteiger partial charge in [-0.15, -0.1) is 12.4 Å². The molecule has 1 saturated carbocycles. The van der Waals surface area contributed by atoms with E-state index in [9.17, 15) is 0 Å². The molecule has 0 aromatic heterocycles. The lowest BCUT2D eigenvalue weighted by atomic mass is 9.83. The van der Waals surface area contributed by atoms with Gasteiger partial charge in [-0.2, -0.15) is 0 Å². The van der Waals surface area contributed by atoms with Crippen molar-refractivity contribution in [3.05, 3.63) is 95.6 Å². The first-order valence-electron chi connectivity index (χ1n) is 14.2. The summed E-state index contributed by atoms with van der Waals surface area (Å²) in [6.45, 7) is 4.81. The minimum Gasteiger partial charge on any atom is -0.497 e. The van der Waals surface area contributed by atoms with Crippen molar-refractivity contribution in [2.24, 2.45) is 11.8 Å². The third kappa shape index (κ3) is 4.52. The van der Waals surface area contributed by atoms with Gasteiger partial charge in [-0.3, -0.25) is 4.90 Å². The minimum absolute atomic E-state index is 0. The lowest BCUT2D eigenvalue weighted by Crippen LogP contribution is -2.41. The molecular weight excluding hydrogens is 486 g/mol. The molecule has 3 aliphatic rings. The van der Waals surface area contributed by atoms with E-state index in [1.807, 2.05) is 0 Å². The van der Waals surface area contributed by atoms with E-state index in [-0.39, 0.29) is 12.4 Å². The standard InChI is InChI=1S/C35H37NO.ClH/c1-23-17-29(26-8-9-28-21-33(37-2)14-13-27(28)18-26)15-16-36(23)22-34-30-10-12-32(20-30)35(34)31-11-7-24-5-3-4-6-25(24)19-31;/h3-9,11,13-14,18-19,21,23,29-30,32H,10,12,15-17,20,22H2,1-2H3;1H/t23?,29?,30-,32+;/m1./s1. The number of benzene rings is 4. The maximum absolute atomic E-state index is 5.41. The van der Waals surface area contributed by atoms with Gasteiger partial charge in [0.2, 0.25) is 0 Å². The predicted molar refractivity (Wildman–Crippen MR) is 162 cm³/mol. The molecule has 4 atom stereocenters. The fraction of sp³-hybridized carbons (Fsp3) is 0.371. The molecule has 4 aromatic carbocycles. The summed E-state index contributed by atoms with van der Waals surface area (Å²) in [4.78, 5) is 2.79. The van der Waals surface area contributed by atoms with E-state index in [0.29, 0.717) is 12.0 Å². The maximum Gasteiger partial charge on any atom is 0.119 e. The minimum atomic E-state index is 0. The third-order valence-corrected chi connectivity index (χ3v) is 9.67. The highest BCUT2D eigenvalue weighted by Crippen LogP contribution is 2.53. The van der Waals surface area contributed by atoms with Crippen molar-refractivity contribution in [1.29, 1.82) is 0 Å². The highest BCUT2D eigenvalue weighted by molar-refractivity contribution is 5.88. The Kier molecular flexibility index (Phi) is 6.97. The van der Waals surface area contributed by atoms with Crippen LogP contribution >= 0.6 is 12.4 Å². The SMILES string of the molecule is COc1ccc2cc(C3CCN(CC4=C(c5ccc6ccccc6c5)[C@H]5CC[C@@H]4C5)C(C)C3)ccc2c1.Cl. The van der Waals surface area contributed by atoms with Crippen molar-refractivity contribution in [3.8, 4) is 5.75 Å². The number of hydrogen-bond acceptors (Lipinski definition) is 2. The van der Waals surface area contributed by atoms with Crippen molar-refractivity contribution in [3.63, 3.8) is 0 Å². The molecule has 196 valence electrons. The van der Waals surface area contributed by atoms with Gasteiger partial charge >= 0.3 is 0 Å². The van der Waals surface area contributed by atoms with Crippen LogP contribution in [0, 0.1) is 11.8 Å². The van der Waals surface area contributed by atoms with Crippen molar-refractivity contribution in [2.75, 3.05) is 20.2 Å². The van der Waals surface area contributed by atoms with Crippen molar-refractivity contribution >= 4 is 39.5 Å². The second kappa shape index (κ2) is 10.4. The molecule has 1 aliphatic heterocycles. The van der Waals surface area contributed by atoms with Crippen molar-refractivity contribution in [2.45, 2.75) is 51.0 Å². The van der Waals surface area contributed by atoms with Gasteiger partial charge in [0.05, 0.1) is 7.11 Å². The first kappa shape index (κ1) is 25.5. The average molecular weight is 524 g/mol. The van der Waals surface area contributed by atoms with Crippen molar-refractivity contribution in [1.82, 2.24) is 4.90 Å². The number of halogens is 1. The fourth-order valence-electron chi connectivity index (χ4n) is 7.63. The van der Waals surface area contributed by atoms with Crippen LogP contribution in [0.4, 0.5) is 0 Å². The van der Waals surface area contributed by atoms with Gasteiger partial charge in [-0.05, 0) is 125 Å².